The van der Waals surface area contributed by atoms with E-state index in [-0.39, 0.29) is 12.4 Å². The van der Waals surface area contributed by atoms with Crippen LogP contribution < -0.4 is 19.5 Å². The van der Waals surface area contributed by atoms with Gasteiger partial charge in [0.15, 0.2) is 13.2 Å². The summed E-state index contributed by atoms with van der Waals surface area (Å²) in [6.45, 7) is 0.862. The van der Waals surface area contributed by atoms with Gasteiger partial charge in [-0.25, -0.2) is 0 Å². The van der Waals surface area contributed by atoms with Crippen LogP contribution in [0.2, 0.25) is 0 Å². The molecule has 0 heterocycles. The molecule has 0 saturated heterocycles. The van der Waals surface area contributed by atoms with E-state index >= 15 is 0 Å². The molecule has 1 N–H and O–H groups in total. The molecule has 2 aromatic carbocycles. The molecule has 0 saturated carbocycles. The van der Waals surface area contributed by atoms with Gasteiger partial charge in [-0.05, 0) is 55.5 Å². The zero-order chi connectivity index (χ0) is 19.0. The van der Waals surface area contributed by atoms with E-state index in [0.717, 1.165) is 0 Å². The van der Waals surface area contributed by atoms with Crippen molar-refractivity contribution in [2.75, 3.05) is 25.1 Å². The number of hydrogen-bond donors (Lipinski definition) is 1. The van der Waals surface area contributed by atoms with Crippen LogP contribution in [0.1, 0.15) is 6.92 Å². The molecule has 2 aromatic rings. The van der Waals surface area contributed by atoms with Crippen LogP contribution in [-0.2, 0) is 4.79 Å². The fourth-order valence-corrected chi connectivity index (χ4v) is 1.94. The summed E-state index contributed by atoms with van der Waals surface area (Å²) in [6.07, 6.45) is -4.40. The van der Waals surface area contributed by atoms with E-state index in [2.05, 4.69) is 10.1 Å². The number of ether oxygens (including phenoxy) is 3. The van der Waals surface area contributed by atoms with Gasteiger partial charge in [-0.15, -0.1) is 0 Å². The van der Waals surface area contributed by atoms with Gasteiger partial charge in [-0.1, -0.05) is 0 Å². The highest BCUT2D eigenvalue weighted by Crippen LogP contribution is 2.20. The summed E-state index contributed by atoms with van der Waals surface area (Å²) in [7, 11) is 0. The fraction of sp³-hybridized carbons (Fsp3) is 0.278. The first-order valence-electron chi connectivity index (χ1n) is 7.81. The van der Waals surface area contributed by atoms with Crippen LogP contribution in [0.3, 0.4) is 0 Å². The highest BCUT2D eigenvalue weighted by atomic mass is 19.4. The Bertz CT molecular complexity index is 700. The first-order chi connectivity index (χ1) is 12.4. The second-order valence-corrected chi connectivity index (χ2v) is 5.17. The SMILES string of the molecule is CCOc1ccc(OCC(=O)Nc2ccc(OCC(F)(F)F)cc2)cc1. The van der Waals surface area contributed by atoms with E-state index in [9.17, 15) is 18.0 Å². The number of rotatable bonds is 8. The lowest BCUT2D eigenvalue weighted by Gasteiger charge is -2.10. The third kappa shape index (κ3) is 6.92. The molecule has 1 amide bonds. The van der Waals surface area contributed by atoms with Crippen molar-refractivity contribution < 1.29 is 32.2 Å². The van der Waals surface area contributed by atoms with Crippen LogP contribution in [0.25, 0.3) is 0 Å². The van der Waals surface area contributed by atoms with Crippen LogP contribution in [0.15, 0.2) is 48.5 Å². The first-order valence-corrected chi connectivity index (χ1v) is 7.81. The van der Waals surface area contributed by atoms with Crippen molar-refractivity contribution in [3.05, 3.63) is 48.5 Å². The monoisotopic (exact) mass is 369 g/mol. The van der Waals surface area contributed by atoms with Crippen LogP contribution >= 0.6 is 0 Å². The Morgan fingerprint density at radius 3 is 1.92 bits per heavy atom. The highest BCUT2D eigenvalue weighted by Gasteiger charge is 2.28. The van der Waals surface area contributed by atoms with Crippen molar-refractivity contribution in [2.24, 2.45) is 0 Å². The lowest BCUT2D eigenvalue weighted by molar-refractivity contribution is -0.153. The Kier molecular flexibility index (Phi) is 6.71. The summed E-state index contributed by atoms with van der Waals surface area (Å²) in [5, 5.41) is 2.58. The summed E-state index contributed by atoms with van der Waals surface area (Å²) < 4.78 is 51.5. The Labute approximate surface area is 148 Å². The Balaban J connectivity index is 1.78. The van der Waals surface area contributed by atoms with Gasteiger partial charge in [0, 0.05) is 5.69 Å². The maximum absolute atomic E-state index is 12.1. The minimum atomic E-state index is -4.40. The van der Waals surface area contributed by atoms with Gasteiger partial charge in [0.25, 0.3) is 5.91 Å². The van der Waals surface area contributed by atoms with Gasteiger partial charge in [0.2, 0.25) is 0 Å². The number of hydrogen-bond acceptors (Lipinski definition) is 4. The molecule has 0 atom stereocenters. The van der Waals surface area contributed by atoms with E-state index in [4.69, 9.17) is 9.47 Å². The molecule has 5 nitrogen and oxygen atoms in total. The molecule has 26 heavy (non-hydrogen) atoms. The highest BCUT2D eigenvalue weighted by molar-refractivity contribution is 5.91. The zero-order valence-electron chi connectivity index (χ0n) is 14.0. The number of halogens is 3. The van der Waals surface area contributed by atoms with E-state index < -0.39 is 18.7 Å². The number of alkyl halides is 3. The number of carbonyl (C=O) groups excluding carboxylic acids is 1. The third-order valence-corrected chi connectivity index (χ3v) is 3.05. The largest absolute Gasteiger partial charge is 0.494 e. The molecule has 0 unspecified atom stereocenters. The van der Waals surface area contributed by atoms with Crippen molar-refractivity contribution in [1.82, 2.24) is 0 Å². The normalized spacial score (nSPS) is 10.9. The zero-order valence-corrected chi connectivity index (χ0v) is 14.0. The van der Waals surface area contributed by atoms with E-state index in [1.165, 1.54) is 24.3 Å². The van der Waals surface area contributed by atoms with E-state index in [1.54, 1.807) is 24.3 Å². The molecule has 140 valence electrons. The van der Waals surface area contributed by atoms with Crippen molar-refractivity contribution in [1.29, 1.82) is 0 Å². The summed E-state index contributed by atoms with van der Waals surface area (Å²) in [5.74, 6) is 0.880. The molecular weight excluding hydrogens is 351 g/mol. The van der Waals surface area contributed by atoms with Gasteiger partial charge in [0.1, 0.15) is 17.2 Å². The number of amides is 1. The van der Waals surface area contributed by atoms with Crippen LogP contribution in [-0.4, -0.2) is 31.9 Å². The molecule has 0 bridgehead atoms. The predicted octanol–water partition coefficient (Wildman–Crippen LogP) is 4.04. The molecule has 8 heteroatoms. The molecule has 0 aliphatic carbocycles. The molecule has 0 spiro atoms. The maximum Gasteiger partial charge on any atom is 0.422 e. The molecule has 0 aromatic heterocycles. The smallest absolute Gasteiger partial charge is 0.422 e. The van der Waals surface area contributed by atoms with Crippen LogP contribution in [0.4, 0.5) is 18.9 Å². The minimum absolute atomic E-state index is 0.0611. The lowest BCUT2D eigenvalue weighted by Crippen LogP contribution is -2.20. The predicted molar refractivity (Wildman–Crippen MR) is 89.7 cm³/mol. The van der Waals surface area contributed by atoms with Gasteiger partial charge < -0.3 is 19.5 Å². The van der Waals surface area contributed by atoms with E-state index in [1.807, 2.05) is 6.92 Å². The van der Waals surface area contributed by atoms with Crippen molar-refractivity contribution in [3.63, 3.8) is 0 Å². The summed E-state index contributed by atoms with van der Waals surface area (Å²) >= 11 is 0. The van der Waals surface area contributed by atoms with Gasteiger partial charge in [0.05, 0.1) is 6.61 Å². The van der Waals surface area contributed by atoms with Gasteiger partial charge >= 0.3 is 6.18 Å². The average molecular weight is 369 g/mol. The lowest BCUT2D eigenvalue weighted by atomic mass is 10.3. The van der Waals surface area contributed by atoms with Crippen molar-refractivity contribution in [2.45, 2.75) is 13.1 Å². The topological polar surface area (TPSA) is 56.8 Å². The number of nitrogens with one attached hydrogen (secondary N) is 1. The number of benzene rings is 2. The Morgan fingerprint density at radius 1 is 0.885 bits per heavy atom. The fourth-order valence-electron chi connectivity index (χ4n) is 1.94. The van der Waals surface area contributed by atoms with Crippen LogP contribution in [0.5, 0.6) is 17.2 Å². The summed E-state index contributed by atoms with van der Waals surface area (Å²) in [5.41, 5.74) is 0.421. The third-order valence-electron chi connectivity index (χ3n) is 3.05. The van der Waals surface area contributed by atoms with Crippen molar-refractivity contribution >= 4 is 11.6 Å². The Hall–Kier alpha value is -2.90. The first kappa shape index (κ1) is 19.4. The molecular formula is C18H18F3NO4. The molecule has 0 radical (unpaired) electrons. The molecule has 0 fully saturated rings. The number of anilines is 1. The second-order valence-electron chi connectivity index (χ2n) is 5.17. The van der Waals surface area contributed by atoms with Crippen molar-refractivity contribution in [3.8, 4) is 17.2 Å². The average Bonchev–Trinajstić information content (AvgIpc) is 2.60. The van der Waals surface area contributed by atoms with Gasteiger partial charge in [-0.3, -0.25) is 4.79 Å². The second kappa shape index (κ2) is 8.98. The van der Waals surface area contributed by atoms with Crippen LogP contribution in [0, 0.1) is 0 Å². The summed E-state index contributed by atoms with van der Waals surface area (Å²) in [4.78, 5) is 11.9. The molecule has 0 aliphatic heterocycles. The molecule has 0 aliphatic rings. The number of carbonyl (C=O) groups is 1. The maximum atomic E-state index is 12.1. The minimum Gasteiger partial charge on any atom is -0.494 e. The Morgan fingerprint density at radius 2 is 1.38 bits per heavy atom. The van der Waals surface area contributed by atoms with Gasteiger partial charge in [-0.2, -0.15) is 13.2 Å². The quantitative estimate of drug-likeness (QED) is 0.763. The molecule has 2 rings (SSSR count). The summed E-state index contributed by atoms with van der Waals surface area (Å²) in [6, 6.07) is 12.4. The standard InChI is InChI=1S/C18H18F3NO4/c1-2-24-14-7-9-15(10-8-14)25-11-17(23)22-13-3-5-16(6-4-13)26-12-18(19,20)21/h3-10H,2,11-12H2,1H3,(H,22,23). The van der Waals surface area contributed by atoms with E-state index in [0.29, 0.717) is 23.8 Å².